The van der Waals surface area contributed by atoms with Crippen LogP contribution in [0.25, 0.3) is 0 Å². The van der Waals surface area contributed by atoms with Crippen LogP contribution in [0.1, 0.15) is 17.0 Å². The molecule has 2 N–H and O–H groups in total. The fraction of sp³-hybridized carbons (Fsp3) is 0.278. The third kappa shape index (κ3) is 3.00. The Kier molecular flexibility index (Phi) is 4.21. The van der Waals surface area contributed by atoms with Crippen molar-refractivity contribution in [3.8, 4) is 11.5 Å². The lowest BCUT2D eigenvalue weighted by Gasteiger charge is -2.19. The van der Waals surface area contributed by atoms with Crippen molar-refractivity contribution in [1.82, 2.24) is 0 Å². The summed E-state index contributed by atoms with van der Waals surface area (Å²) in [6, 6.07) is 12.9. The number of anilines is 1. The second kappa shape index (κ2) is 6.30. The van der Waals surface area contributed by atoms with Crippen LogP contribution in [0.15, 0.2) is 42.5 Å². The number of aliphatic hydroxyl groups is 1. The minimum Gasteiger partial charge on any atom is -0.497 e. The van der Waals surface area contributed by atoms with Crippen LogP contribution in [0.4, 0.5) is 5.69 Å². The Morgan fingerprint density at radius 3 is 2.35 bits per heavy atom. The molecule has 0 bridgehead atoms. The number of methoxy groups -OCH3 is 2. The topological polar surface area (TPSA) is 67.8 Å². The average molecular weight is 313 g/mol. The van der Waals surface area contributed by atoms with Gasteiger partial charge in [-0.25, -0.2) is 0 Å². The number of amides is 1. The third-order valence-corrected chi connectivity index (χ3v) is 4.20. The van der Waals surface area contributed by atoms with Crippen molar-refractivity contribution >= 4 is 11.6 Å². The van der Waals surface area contributed by atoms with E-state index >= 15 is 0 Å². The van der Waals surface area contributed by atoms with Gasteiger partial charge in [0.25, 0.3) is 5.91 Å². The maximum absolute atomic E-state index is 12.2. The molecule has 0 saturated carbocycles. The molecule has 2 atom stereocenters. The van der Waals surface area contributed by atoms with Gasteiger partial charge >= 0.3 is 0 Å². The van der Waals surface area contributed by atoms with Crippen molar-refractivity contribution in [3.05, 3.63) is 53.6 Å². The fourth-order valence-corrected chi connectivity index (χ4v) is 2.88. The summed E-state index contributed by atoms with van der Waals surface area (Å²) < 4.78 is 10.4. The van der Waals surface area contributed by atoms with Gasteiger partial charge in [0.05, 0.1) is 14.2 Å². The maximum atomic E-state index is 12.2. The molecule has 120 valence electrons. The van der Waals surface area contributed by atoms with E-state index in [1.165, 1.54) is 0 Å². The normalized spacial score (nSPS) is 20.2. The minimum absolute atomic E-state index is 0.325. The van der Waals surface area contributed by atoms with E-state index in [1.54, 1.807) is 26.4 Å². The molecule has 5 nitrogen and oxygen atoms in total. The Labute approximate surface area is 134 Å². The van der Waals surface area contributed by atoms with Crippen molar-refractivity contribution in [1.29, 1.82) is 0 Å². The number of nitrogens with one attached hydrogen (secondary N) is 1. The largest absolute Gasteiger partial charge is 0.497 e. The summed E-state index contributed by atoms with van der Waals surface area (Å²) in [7, 11) is 3.21. The first kappa shape index (κ1) is 15.4. The molecule has 2 aromatic rings. The summed E-state index contributed by atoms with van der Waals surface area (Å²) in [5.41, 5.74) is 2.55. The van der Waals surface area contributed by atoms with Gasteiger partial charge < -0.3 is 19.9 Å². The lowest BCUT2D eigenvalue weighted by molar-refractivity contribution is -0.124. The van der Waals surface area contributed by atoms with E-state index in [9.17, 15) is 9.90 Å². The number of aliphatic hydroxyl groups excluding tert-OH is 1. The molecular weight excluding hydrogens is 294 g/mol. The highest BCUT2D eigenvalue weighted by molar-refractivity contribution is 5.96. The number of rotatable bonds is 3. The van der Waals surface area contributed by atoms with E-state index < -0.39 is 12.0 Å². The molecule has 1 aliphatic rings. The predicted octanol–water partition coefficient (Wildman–Crippen LogP) is 2.34. The molecule has 0 unspecified atom stereocenters. The van der Waals surface area contributed by atoms with Gasteiger partial charge in [-0.3, -0.25) is 4.79 Å². The number of fused-ring (bicyclic) bond motifs is 1. The molecule has 0 aromatic heterocycles. The molecule has 0 saturated heterocycles. The van der Waals surface area contributed by atoms with Gasteiger partial charge in [-0.2, -0.15) is 0 Å². The second-order valence-electron chi connectivity index (χ2n) is 5.54. The average Bonchev–Trinajstić information content (AvgIpc) is 2.71. The summed E-state index contributed by atoms with van der Waals surface area (Å²) in [6.45, 7) is 0. The molecule has 1 heterocycles. The van der Waals surface area contributed by atoms with Gasteiger partial charge in [-0.05, 0) is 47.9 Å². The molecule has 0 aliphatic carbocycles. The van der Waals surface area contributed by atoms with Gasteiger partial charge in [0, 0.05) is 11.6 Å². The summed E-state index contributed by atoms with van der Waals surface area (Å²) >= 11 is 0. The molecule has 0 fully saturated rings. The van der Waals surface area contributed by atoms with Gasteiger partial charge in [-0.15, -0.1) is 0 Å². The first-order valence-electron chi connectivity index (χ1n) is 7.42. The lowest BCUT2D eigenvalue weighted by Crippen LogP contribution is -2.31. The summed E-state index contributed by atoms with van der Waals surface area (Å²) in [4.78, 5) is 12.2. The predicted molar refractivity (Wildman–Crippen MR) is 87.1 cm³/mol. The van der Waals surface area contributed by atoms with E-state index in [1.807, 2.05) is 30.3 Å². The molecule has 1 aliphatic heterocycles. The Balaban J connectivity index is 1.99. The van der Waals surface area contributed by atoms with Crippen molar-refractivity contribution in [2.75, 3.05) is 19.5 Å². The molecule has 1 amide bonds. The van der Waals surface area contributed by atoms with E-state index in [4.69, 9.17) is 9.47 Å². The first-order chi connectivity index (χ1) is 11.1. The highest BCUT2D eigenvalue weighted by Gasteiger charge is 2.32. The molecule has 5 heteroatoms. The van der Waals surface area contributed by atoms with Crippen molar-refractivity contribution < 1.29 is 19.4 Å². The van der Waals surface area contributed by atoms with Gasteiger partial charge in [0.1, 0.15) is 17.6 Å². The van der Waals surface area contributed by atoms with E-state index in [-0.39, 0.29) is 5.92 Å². The molecule has 23 heavy (non-hydrogen) atoms. The maximum Gasteiger partial charge on any atom is 0.253 e. The molecule has 0 spiro atoms. The summed E-state index contributed by atoms with van der Waals surface area (Å²) in [6.07, 6.45) is -0.569. The zero-order valence-electron chi connectivity index (χ0n) is 13.1. The molecule has 0 radical (unpaired) electrons. The zero-order valence-corrected chi connectivity index (χ0v) is 13.1. The van der Waals surface area contributed by atoms with Gasteiger partial charge in [-0.1, -0.05) is 12.1 Å². The van der Waals surface area contributed by atoms with E-state index in [0.717, 1.165) is 22.6 Å². The van der Waals surface area contributed by atoms with Crippen LogP contribution in [0.3, 0.4) is 0 Å². The Morgan fingerprint density at radius 2 is 1.70 bits per heavy atom. The first-order valence-corrected chi connectivity index (χ1v) is 7.42. The number of carbonyl (C=O) groups is 1. The molecular formula is C18H19NO4. The Bertz CT molecular complexity index is 711. The van der Waals surface area contributed by atoms with Crippen LogP contribution < -0.4 is 14.8 Å². The Morgan fingerprint density at radius 1 is 1.04 bits per heavy atom. The van der Waals surface area contributed by atoms with Gasteiger partial charge in [0.15, 0.2) is 0 Å². The minimum atomic E-state index is -1.11. The number of hydrogen-bond acceptors (Lipinski definition) is 4. The number of carbonyl (C=O) groups excluding carboxylic acids is 1. The summed E-state index contributed by atoms with van der Waals surface area (Å²) in [5, 5.41) is 13.2. The standard InChI is InChI=1S/C18H19NO4/c1-22-13-5-3-11(4-6-13)15-10-12-9-14(23-2)7-8-16(12)19-18(21)17(15)20/h3-9,15,17,20H,10H2,1-2H3,(H,19,21)/t15-,17+/m1/s1. The number of hydrogen-bond donors (Lipinski definition) is 2. The number of ether oxygens (including phenoxy) is 2. The van der Waals surface area contributed by atoms with Crippen LogP contribution in [0.5, 0.6) is 11.5 Å². The Hall–Kier alpha value is -2.53. The fourth-order valence-electron chi connectivity index (χ4n) is 2.88. The SMILES string of the molecule is COc1ccc([C@H]2Cc3cc(OC)ccc3NC(=O)[C@H]2O)cc1. The van der Waals surface area contributed by atoms with Crippen LogP contribution in [-0.4, -0.2) is 31.3 Å². The van der Waals surface area contributed by atoms with Gasteiger partial charge in [0.2, 0.25) is 0 Å². The highest BCUT2D eigenvalue weighted by Crippen LogP contribution is 2.34. The van der Waals surface area contributed by atoms with Crippen molar-refractivity contribution in [2.24, 2.45) is 0 Å². The quantitative estimate of drug-likeness (QED) is 0.913. The third-order valence-electron chi connectivity index (χ3n) is 4.20. The van der Waals surface area contributed by atoms with E-state index in [0.29, 0.717) is 12.1 Å². The van der Waals surface area contributed by atoms with Crippen molar-refractivity contribution in [2.45, 2.75) is 18.4 Å². The summed E-state index contributed by atoms with van der Waals surface area (Å²) in [5.74, 6) is 0.746. The number of benzene rings is 2. The highest BCUT2D eigenvalue weighted by atomic mass is 16.5. The van der Waals surface area contributed by atoms with E-state index in [2.05, 4.69) is 5.32 Å². The second-order valence-corrected chi connectivity index (χ2v) is 5.54. The van der Waals surface area contributed by atoms with Crippen LogP contribution in [0.2, 0.25) is 0 Å². The molecule has 2 aromatic carbocycles. The smallest absolute Gasteiger partial charge is 0.253 e. The van der Waals surface area contributed by atoms with Crippen LogP contribution in [-0.2, 0) is 11.2 Å². The van der Waals surface area contributed by atoms with Crippen LogP contribution in [0, 0.1) is 0 Å². The zero-order chi connectivity index (χ0) is 16.4. The van der Waals surface area contributed by atoms with Crippen molar-refractivity contribution in [3.63, 3.8) is 0 Å². The monoisotopic (exact) mass is 313 g/mol. The molecule has 3 rings (SSSR count). The lowest BCUT2D eigenvalue weighted by atomic mass is 9.87. The van der Waals surface area contributed by atoms with Crippen LogP contribution >= 0.6 is 0 Å².